The fraction of sp³-hybridized carbons (Fsp3) is 0.611. The number of hydrogen-bond donors (Lipinski definition) is 1. The van der Waals surface area contributed by atoms with Crippen LogP contribution < -0.4 is 10.2 Å². The third-order valence-electron chi connectivity index (χ3n) is 4.53. The standard InChI is InChI=1S/C18H30N4O/c1-5-21(6-2)16-9-7-15(8-10-16)17(18(23)20(3)4)22-13-11-19-12-14-22/h7-10,17,19H,5-6,11-14H2,1-4H3. The lowest BCUT2D eigenvalue weighted by Crippen LogP contribution is -2.49. The first-order chi connectivity index (χ1) is 11.1. The molecule has 1 atom stereocenters. The van der Waals surface area contributed by atoms with Crippen molar-refractivity contribution in [3.05, 3.63) is 29.8 Å². The van der Waals surface area contributed by atoms with Gasteiger partial charge in [-0.1, -0.05) is 12.1 Å². The van der Waals surface area contributed by atoms with Crippen LogP contribution in [0.2, 0.25) is 0 Å². The lowest BCUT2D eigenvalue weighted by atomic mass is 10.0. The molecule has 1 N–H and O–H groups in total. The van der Waals surface area contributed by atoms with Crippen molar-refractivity contribution in [3.63, 3.8) is 0 Å². The Labute approximate surface area is 140 Å². The van der Waals surface area contributed by atoms with Crippen molar-refractivity contribution in [1.82, 2.24) is 15.1 Å². The Kier molecular flexibility index (Phi) is 6.42. The molecule has 1 unspecified atom stereocenters. The second-order valence-corrected chi connectivity index (χ2v) is 6.18. The first kappa shape index (κ1) is 17.8. The molecule has 1 heterocycles. The van der Waals surface area contributed by atoms with E-state index in [4.69, 9.17) is 0 Å². The smallest absolute Gasteiger partial charge is 0.244 e. The summed E-state index contributed by atoms with van der Waals surface area (Å²) in [5.74, 6) is 0.155. The van der Waals surface area contributed by atoms with Gasteiger partial charge in [0.15, 0.2) is 0 Å². The number of rotatable bonds is 6. The molecule has 0 saturated carbocycles. The normalized spacial score (nSPS) is 16.9. The van der Waals surface area contributed by atoms with Crippen molar-refractivity contribution in [1.29, 1.82) is 0 Å². The van der Waals surface area contributed by atoms with Crippen LogP contribution in [-0.2, 0) is 4.79 Å². The minimum Gasteiger partial charge on any atom is -0.372 e. The fourth-order valence-corrected chi connectivity index (χ4v) is 3.15. The molecule has 1 aliphatic rings. The summed E-state index contributed by atoms with van der Waals surface area (Å²) in [5.41, 5.74) is 2.30. The summed E-state index contributed by atoms with van der Waals surface area (Å²) in [5, 5.41) is 3.36. The van der Waals surface area contributed by atoms with E-state index in [-0.39, 0.29) is 11.9 Å². The van der Waals surface area contributed by atoms with Crippen molar-refractivity contribution >= 4 is 11.6 Å². The van der Waals surface area contributed by atoms with Crippen LogP contribution in [0, 0.1) is 0 Å². The highest BCUT2D eigenvalue weighted by Crippen LogP contribution is 2.25. The summed E-state index contributed by atoms with van der Waals surface area (Å²) in [7, 11) is 3.67. The number of nitrogens with zero attached hydrogens (tertiary/aromatic N) is 3. The average Bonchev–Trinajstić information content (AvgIpc) is 2.58. The molecule has 1 fully saturated rings. The van der Waals surface area contributed by atoms with Gasteiger partial charge in [0.25, 0.3) is 0 Å². The lowest BCUT2D eigenvalue weighted by Gasteiger charge is -2.35. The zero-order valence-electron chi connectivity index (χ0n) is 14.9. The van der Waals surface area contributed by atoms with E-state index in [1.54, 1.807) is 4.90 Å². The predicted molar refractivity (Wildman–Crippen MR) is 95.9 cm³/mol. The number of carbonyl (C=O) groups excluding carboxylic acids is 1. The molecule has 1 saturated heterocycles. The maximum atomic E-state index is 12.7. The molecule has 1 aliphatic heterocycles. The number of nitrogens with one attached hydrogen (secondary N) is 1. The molecular weight excluding hydrogens is 288 g/mol. The molecule has 128 valence electrons. The minimum atomic E-state index is -0.183. The second kappa shape index (κ2) is 8.31. The van der Waals surface area contributed by atoms with Gasteiger partial charge < -0.3 is 15.1 Å². The molecule has 1 aromatic rings. The van der Waals surface area contributed by atoms with Gasteiger partial charge in [-0.15, -0.1) is 0 Å². The molecule has 0 aromatic heterocycles. The predicted octanol–water partition coefficient (Wildman–Crippen LogP) is 1.57. The van der Waals surface area contributed by atoms with Gasteiger partial charge in [0.2, 0.25) is 5.91 Å². The maximum absolute atomic E-state index is 12.7. The van der Waals surface area contributed by atoms with Crippen LogP contribution in [0.1, 0.15) is 25.5 Å². The summed E-state index contributed by atoms with van der Waals surface area (Å²) in [6.45, 7) is 10.0. The van der Waals surface area contributed by atoms with Gasteiger partial charge in [-0.25, -0.2) is 0 Å². The largest absolute Gasteiger partial charge is 0.372 e. The third-order valence-corrected chi connectivity index (χ3v) is 4.53. The molecule has 1 aromatic carbocycles. The zero-order valence-corrected chi connectivity index (χ0v) is 14.9. The Morgan fingerprint density at radius 2 is 1.70 bits per heavy atom. The summed E-state index contributed by atoms with van der Waals surface area (Å²) in [6, 6.07) is 8.32. The van der Waals surface area contributed by atoms with Gasteiger partial charge in [-0.3, -0.25) is 9.69 Å². The number of piperazine rings is 1. The second-order valence-electron chi connectivity index (χ2n) is 6.18. The Balaban J connectivity index is 2.25. The van der Waals surface area contributed by atoms with E-state index in [1.165, 1.54) is 5.69 Å². The van der Waals surface area contributed by atoms with E-state index in [9.17, 15) is 4.79 Å². The van der Waals surface area contributed by atoms with Crippen molar-refractivity contribution < 1.29 is 4.79 Å². The average molecular weight is 318 g/mol. The molecule has 5 heteroatoms. The maximum Gasteiger partial charge on any atom is 0.244 e. The molecule has 5 nitrogen and oxygen atoms in total. The van der Waals surface area contributed by atoms with Crippen LogP contribution in [0.5, 0.6) is 0 Å². The highest BCUT2D eigenvalue weighted by Gasteiger charge is 2.29. The molecule has 0 aliphatic carbocycles. The van der Waals surface area contributed by atoms with Gasteiger partial charge in [0, 0.05) is 59.1 Å². The number of likely N-dealkylation sites (N-methyl/N-ethyl adjacent to an activating group) is 1. The van der Waals surface area contributed by atoms with E-state index in [2.05, 4.69) is 53.2 Å². The number of carbonyl (C=O) groups is 1. The fourth-order valence-electron chi connectivity index (χ4n) is 3.15. The summed E-state index contributed by atoms with van der Waals surface area (Å²) >= 11 is 0. The van der Waals surface area contributed by atoms with Gasteiger partial charge in [0.1, 0.15) is 6.04 Å². The van der Waals surface area contributed by atoms with Crippen molar-refractivity contribution in [2.45, 2.75) is 19.9 Å². The highest BCUT2D eigenvalue weighted by atomic mass is 16.2. The van der Waals surface area contributed by atoms with Gasteiger partial charge in [-0.2, -0.15) is 0 Å². The first-order valence-corrected chi connectivity index (χ1v) is 8.59. The first-order valence-electron chi connectivity index (χ1n) is 8.59. The number of anilines is 1. The Morgan fingerprint density at radius 1 is 1.13 bits per heavy atom. The third kappa shape index (κ3) is 4.24. The SMILES string of the molecule is CCN(CC)c1ccc(C(C(=O)N(C)C)N2CCNCC2)cc1. The van der Waals surface area contributed by atoms with Crippen LogP contribution in [-0.4, -0.2) is 69.1 Å². The van der Waals surface area contributed by atoms with E-state index < -0.39 is 0 Å². The van der Waals surface area contributed by atoms with Crippen LogP contribution in [0.15, 0.2) is 24.3 Å². The number of hydrogen-bond acceptors (Lipinski definition) is 4. The number of amides is 1. The van der Waals surface area contributed by atoms with Crippen molar-refractivity contribution in [3.8, 4) is 0 Å². The quantitative estimate of drug-likeness (QED) is 0.864. The number of benzene rings is 1. The zero-order chi connectivity index (χ0) is 16.8. The summed E-state index contributed by atoms with van der Waals surface area (Å²) in [6.07, 6.45) is 0. The molecule has 2 rings (SSSR count). The Morgan fingerprint density at radius 3 is 2.17 bits per heavy atom. The van der Waals surface area contributed by atoms with E-state index in [0.29, 0.717) is 0 Å². The van der Waals surface area contributed by atoms with Crippen LogP contribution in [0.4, 0.5) is 5.69 Å². The molecule has 0 spiro atoms. The lowest BCUT2D eigenvalue weighted by molar-refractivity contribution is -0.135. The van der Waals surface area contributed by atoms with Gasteiger partial charge >= 0.3 is 0 Å². The van der Waals surface area contributed by atoms with Crippen molar-refractivity contribution in [2.75, 3.05) is 58.3 Å². The molecular formula is C18H30N4O. The monoisotopic (exact) mass is 318 g/mol. The topological polar surface area (TPSA) is 38.8 Å². The Bertz CT molecular complexity index is 490. The minimum absolute atomic E-state index is 0.155. The molecule has 1 amide bonds. The van der Waals surface area contributed by atoms with Gasteiger partial charge in [0.05, 0.1) is 0 Å². The highest BCUT2D eigenvalue weighted by molar-refractivity contribution is 5.83. The van der Waals surface area contributed by atoms with Gasteiger partial charge in [-0.05, 0) is 31.5 Å². The van der Waals surface area contributed by atoms with Crippen molar-refractivity contribution in [2.24, 2.45) is 0 Å². The van der Waals surface area contributed by atoms with E-state index >= 15 is 0 Å². The Hall–Kier alpha value is -1.59. The molecule has 0 radical (unpaired) electrons. The van der Waals surface area contributed by atoms with E-state index in [1.807, 2.05) is 14.1 Å². The summed E-state index contributed by atoms with van der Waals surface area (Å²) in [4.78, 5) is 19.0. The van der Waals surface area contributed by atoms with Crippen LogP contribution in [0.25, 0.3) is 0 Å². The molecule has 23 heavy (non-hydrogen) atoms. The van der Waals surface area contributed by atoms with Crippen LogP contribution in [0.3, 0.4) is 0 Å². The van der Waals surface area contributed by atoms with Crippen LogP contribution >= 0.6 is 0 Å². The molecule has 0 bridgehead atoms. The summed E-state index contributed by atoms with van der Waals surface area (Å²) < 4.78 is 0. The van der Waals surface area contributed by atoms with E-state index in [0.717, 1.165) is 44.8 Å².